The topological polar surface area (TPSA) is 51.0 Å². The van der Waals surface area contributed by atoms with Crippen LogP contribution < -0.4 is 5.32 Å². The first-order valence-corrected chi connectivity index (χ1v) is 7.03. The molecular weight excluding hydrogens is 276 g/mol. The molecule has 1 aromatic heterocycles. The average molecular weight is 293 g/mol. The van der Waals surface area contributed by atoms with E-state index in [1.165, 1.54) is 12.1 Å². The summed E-state index contributed by atoms with van der Waals surface area (Å²) < 4.78 is 31.5. The van der Waals surface area contributed by atoms with Gasteiger partial charge in [-0.2, -0.15) is 4.98 Å². The second-order valence-corrected chi connectivity index (χ2v) is 5.64. The Labute approximate surface area is 121 Å². The fourth-order valence-corrected chi connectivity index (χ4v) is 2.75. The molecule has 1 heterocycles. The van der Waals surface area contributed by atoms with Gasteiger partial charge >= 0.3 is 0 Å². The zero-order valence-corrected chi connectivity index (χ0v) is 11.9. The zero-order valence-electron chi connectivity index (χ0n) is 11.9. The average Bonchev–Trinajstić information content (AvgIpc) is 2.78. The molecule has 2 aromatic rings. The lowest BCUT2D eigenvalue weighted by Crippen LogP contribution is -2.41. The molecule has 1 atom stereocenters. The minimum Gasteiger partial charge on any atom is -0.338 e. The third-order valence-electron chi connectivity index (χ3n) is 3.89. The molecule has 3 rings (SSSR count). The summed E-state index contributed by atoms with van der Waals surface area (Å²) in [5, 5.41) is 7.15. The molecule has 0 aliphatic heterocycles. The van der Waals surface area contributed by atoms with Crippen LogP contribution in [0.5, 0.6) is 0 Å². The monoisotopic (exact) mass is 293 g/mol. The zero-order chi connectivity index (χ0) is 15.0. The van der Waals surface area contributed by atoms with E-state index in [1.807, 2.05) is 6.92 Å². The number of benzene rings is 1. The Morgan fingerprint density at radius 1 is 1.24 bits per heavy atom. The van der Waals surface area contributed by atoms with Crippen molar-refractivity contribution in [2.45, 2.75) is 44.7 Å². The highest BCUT2D eigenvalue weighted by molar-refractivity contribution is 5.25. The number of nitrogens with zero attached hydrogens (tertiary/aromatic N) is 2. The third kappa shape index (κ3) is 3.10. The molecule has 0 radical (unpaired) electrons. The van der Waals surface area contributed by atoms with Gasteiger partial charge in [-0.1, -0.05) is 5.16 Å². The van der Waals surface area contributed by atoms with Gasteiger partial charge in [0.05, 0.1) is 6.04 Å². The van der Waals surface area contributed by atoms with Crippen molar-refractivity contribution in [1.82, 2.24) is 15.5 Å². The summed E-state index contributed by atoms with van der Waals surface area (Å²) >= 11 is 0. The van der Waals surface area contributed by atoms with Gasteiger partial charge in [0, 0.05) is 12.1 Å². The standard InChI is InChI=1S/C15H17F2N3O/c1-8(15-19-9(2)20-21-15)18-14-5-11(6-14)10-3-12(16)7-13(17)4-10/h3-4,7-8,11,14,18H,5-6H2,1-2H3/t8-,11?,14?/m1/s1. The molecule has 1 fully saturated rings. The summed E-state index contributed by atoms with van der Waals surface area (Å²) in [5.41, 5.74) is 0.729. The molecule has 1 saturated carbocycles. The van der Waals surface area contributed by atoms with Crippen molar-refractivity contribution in [2.24, 2.45) is 0 Å². The van der Waals surface area contributed by atoms with E-state index < -0.39 is 11.6 Å². The Morgan fingerprint density at radius 2 is 1.90 bits per heavy atom. The largest absolute Gasteiger partial charge is 0.338 e. The SMILES string of the molecule is Cc1noc([C@@H](C)NC2CC(c3cc(F)cc(F)c3)C2)n1. The third-order valence-corrected chi connectivity index (χ3v) is 3.89. The summed E-state index contributed by atoms with van der Waals surface area (Å²) in [6.45, 7) is 3.74. The van der Waals surface area contributed by atoms with Crippen molar-refractivity contribution in [3.8, 4) is 0 Å². The van der Waals surface area contributed by atoms with E-state index in [0.29, 0.717) is 17.8 Å². The van der Waals surface area contributed by atoms with Gasteiger partial charge in [0.25, 0.3) is 0 Å². The van der Waals surface area contributed by atoms with Gasteiger partial charge in [-0.25, -0.2) is 8.78 Å². The van der Waals surface area contributed by atoms with Gasteiger partial charge in [-0.15, -0.1) is 0 Å². The summed E-state index contributed by atoms with van der Waals surface area (Å²) in [4.78, 5) is 4.18. The summed E-state index contributed by atoms with van der Waals surface area (Å²) in [6.07, 6.45) is 1.70. The molecule has 4 nitrogen and oxygen atoms in total. The minimum atomic E-state index is -0.517. The smallest absolute Gasteiger partial charge is 0.243 e. The second-order valence-electron chi connectivity index (χ2n) is 5.64. The minimum absolute atomic E-state index is 0.0265. The van der Waals surface area contributed by atoms with Crippen LogP contribution in [0.25, 0.3) is 0 Å². The molecule has 1 aliphatic carbocycles. The van der Waals surface area contributed by atoms with Crippen LogP contribution in [0.4, 0.5) is 8.78 Å². The number of hydrogen-bond donors (Lipinski definition) is 1. The first-order chi connectivity index (χ1) is 10.0. The lowest BCUT2D eigenvalue weighted by atomic mass is 9.75. The van der Waals surface area contributed by atoms with Crippen molar-refractivity contribution < 1.29 is 13.3 Å². The van der Waals surface area contributed by atoms with Crippen LogP contribution in [-0.4, -0.2) is 16.2 Å². The van der Waals surface area contributed by atoms with Crippen LogP contribution in [0.2, 0.25) is 0 Å². The van der Waals surface area contributed by atoms with Gasteiger partial charge in [0.2, 0.25) is 5.89 Å². The van der Waals surface area contributed by atoms with Gasteiger partial charge < -0.3 is 9.84 Å². The lowest BCUT2D eigenvalue weighted by Gasteiger charge is -2.37. The summed E-state index contributed by atoms with van der Waals surface area (Å²) in [6, 6.07) is 3.99. The van der Waals surface area contributed by atoms with Crippen molar-refractivity contribution in [3.63, 3.8) is 0 Å². The number of aryl methyl sites for hydroxylation is 1. The highest BCUT2D eigenvalue weighted by atomic mass is 19.1. The van der Waals surface area contributed by atoms with Crippen molar-refractivity contribution in [1.29, 1.82) is 0 Å². The molecule has 6 heteroatoms. The number of rotatable bonds is 4. The fraction of sp³-hybridized carbons (Fsp3) is 0.467. The molecule has 1 aromatic carbocycles. The van der Waals surface area contributed by atoms with E-state index in [2.05, 4.69) is 15.5 Å². The molecule has 0 spiro atoms. The van der Waals surface area contributed by atoms with Crippen LogP contribution in [0.1, 0.15) is 49.0 Å². The predicted octanol–water partition coefficient (Wildman–Crippen LogP) is 3.25. The molecule has 0 saturated heterocycles. The van der Waals surface area contributed by atoms with Gasteiger partial charge in [0.15, 0.2) is 5.82 Å². The number of aromatic nitrogens is 2. The maximum atomic E-state index is 13.2. The molecule has 21 heavy (non-hydrogen) atoms. The van der Waals surface area contributed by atoms with Crippen molar-refractivity contribution in [2.75, 3.05) is 0 Å². The van der Waals surface area contributed by atoms with Crippen LogP contribution in [0.15, 0.2) is 22.7 Å². The molecule has 1 N–H and O–H groups in total. The molecule has 1 aliphatic rings. The number of hydrogen-bond acceptors (Lipinski definition) is 4. The first kappa shape index (κ1) is 14.1. The van der Waals surface area contributed by atoms with Gasteiger partial charge in [-0.05, 0) is 50.3 Å². The Bertz CT molecular complexity index is 617. The van der Waals surface area contributed by atoms with Crippen LogP contribution >= 0.6 is 0 Å². The van der Waals surface area contributed by atoms with E-state index in [1.54, 1.807) is 6.92 Å². The number of nitrogens with one attached hydrogen (secondary N) is 1. The fourth-order valence-electron chi connectivity index (χ4n) is 2.75. The maximum Gasteiger partial charge on any atom is 0.243 e. The van der Waals surface area contributed by atoms with E-state index >= 15 is 0 Å². The van der Waals surface area contributed by atoms with E-state index in [0.717, 1.165) is 24.5 Å². The highest BCUT2D eigenvalue weighted by Crippen LogP contribution is 2.38. The number of halogens is 2. The van der Waals surface area contributed by atoms with E-state index in [9.17, 15) is 8.78 Å². The Morgan fingerprint density at radius 3 is 2.48 bits per heavy atom. The van der Waals surface area contributed by atoms with E-state index in [-0.39, 0.29) is 12.0 Å². The Hall–Kier alpha value is -1.82. The van der Waals surface area contributed by atoms with Gasteiger partial charge in [0.1, 0.15) is 11.6 Å². The van der Waals surface area contributed by atoms with Gasteiger partial charge in [-0.3, -0.25) is 0 Å². The molecule has 0 unspecified atom stereocenters. The second kappa shape index (κ2) is 5.52. The van der Waals surface area contributed by atoms with E-state index in [4.69, 9.17) is 4.52 Å². The first-order valence-electron chi connectivity index (χ1n) is 7.03. The van der Waals surface area contributed by atoms with Crippen LogP contribution in [0, 0.1) is 18.6 Å². The molecule has 0 bridgehead atoms. The summed E-state index contributed by atoms with van der Waals surface area (Å²) in [7, 11) is 0. The predicted molar refractivity (Wildman–Crippen MR) is 72.7 cm³/mol. The van der Waals surface area contributed by atoms with Crippen molar-refractivity contribution >= 4 is 0 Å². The molecule has 0 amide bonds. The summed E-state index contributed by atoms with van der Waals surface area (Å²) in [5.74, 6) is 0.338. The Balaban J connectivity index is 1.56. The quantitative estimate of drug-likeness (QED) is 0.940. The maximum absolute atomic E-state index is 13.2. The van der Waals surface area contributed by atoms with Crippen LogP contribution in [-0.2, 0) is 0 Å². The Kier molecular flexibility index (Phi) is 3.71. The highest BCUT2D eigenvalue weighted by Gasteiger charge is 2.32. The molecule has 112 valence electrons. The molecular formula is C15H17F2N3O. The van der Waals surface area contributed by atoms with Crippen molar-refractivity contribution in [3.05, 3.63) is 47.1 Å². The normalized spacial score (nSPS) is 22.9. The van der Waals surface area contributed by atoms with Crippen LogP contribution in [0.3, 0.4) is 0 Å². The lowest BCUT2D eigenvalue weighted by molar-refractivity contribution is 0.245.